The van der Waals surface area contributed by atoms with Gasteiger partial charge in [-0.1, -0.05) is 40.2 Å². The van der Waals surface area contributed by atoms with E-state index in [2.05, 4.69) is 15.9 Å². The van der Waals surface area contributed by atoms with Gasteiger partial charge in [0.25, 0.3) is 5.91 Å². The molecule has 2 aromatic rings. The van der Waals surface area contributed by atoms with E-state index < -0.39 is 12.0 Å². The van der Waals surface area contributed by atoms with Gasteiger partial charge in [0.15, 0.2) is 6.61 Å². The third-order valence-electron chi connectivity index (χ3n) is 4.02. The van der Waals surface area contributed by atoms with Crippen molar-refractivity contribution >= 4 is 27.8 Å². The van der Waals surface area contributed by atoms with Crippen molar-refractivity contribution < 1.29 is 19.4 Å². The Bertz CT molecular complexity index is 760. The standard InChI is InChI=1S/C18H16BrNO4/c19-14-5-7-15(8-6-14)24-11-17(21)20-10-13-4-2-1-3-12(13)9-16(20)18(22)23/h1-8,16H,9-11H2,(H,22,23)/p-1/t16-/m1/s1. The smallest absolute Gasteiger partial charge is 0.261 e. The lowest BCUT2D eigenvalue weighted by Gasteiger charge is -2.37. The molecule has 0 saturated carbocycles. The maximum atomic E-state index is 12.5. The highest BCUT2D eigenvalue weighted by atomic mass is 79.9. The van der Waals surface area contributed by atoms with E-state index in [1.165, 1.54) is 4.90 Å². The summed E-state index contributed by atoms with van der Waals surface area (Å²) >= 11 is 3.32. The Morgan fingerprint density at radius 2 is 1.79 bits per heavy atom. The summed E-state index contributed by atoms with van der Waals surface area (Å²) in [6.07, 6.45) is 0.253. The molecule has 0 spiro atoms. The number of rotatable bonds is 4. The molecule has 0 unspecified atom stereocenters. The predicted octanol–water partition coefficient (Wildman–Crippen LogP) is 1.53. The number of nitrogens with zero attached hydrogens (tertiary/aromatic N) is 1. The largest absolute Gasteiger partial charge is 0.548 e. The molecule has 24 heavy (non-hydrogen) atoms. The SMILES string of the molecule is O=C([O-])[C@H]1Cc2ccccc2CN1C(=O)COc1ccc(Br)cc1. The number of amides is 1. The minimum atomic E-state index is -1.25. The number of carbonyl (C=O) groups is 2. The second-order valence-electron chi connectivity index (χ2n) is 5.57. The Hall–Kier alpha value is -2.34. The molecule has 6 heteroatoms. The molecule has 0 radical (unpaired) electrons. The molecule has 0 aromatic heterocycles. The van der Waals surface area contributed by atoms with Crippen molar-refractivity contribution in [2.24, 2.45) is 0 Å². The Balaban J connectivity index is 1.72. The van der Waals surface area contributed by atoms with Gasteiger partial charge >= 0.3 is 0 Å². The van der Waals surface area contributed by atoms with Crippen LogP contribution in [0.4, 0.5) is 0 Å². The number of fused-ring (bicyclic) bond motifs is 1. The number of hydrogen-bond donors (Lipinski definition) is 0. The third-order valence-corrected chi connectivity index (χ3v) is 4.55. The average Bonchev–Trinajstić information content (AvgIpc) is 2.59. The number of halogens is 1. The van der Waals surface area contributed by atoms with Crippen LogP contribution in [0.2, 0.25) is 0 Å². The zero-order valence-electron chi connectivity index (χ0n) is 12.8. The summed E-state index contributed by atoms with van der Waals surface area (Å²) < 4.78 is 6.37. The van der Waals surface area contributed by atoms with Crippen LogP contribution < -0.4 is 9.84 Å². The van der Waals surface area contributed by atoms with Crippen molar-refractivity contribution in [1.29, 1.82) is 0 Å². The quantitative estimate of drug-likeness (QED) is 0.796. The van der Waals surface area contributed by atoms with Crippen molar-refractivity contribution in [2.45, 2.75) is 19.0 Å². The Kier molecular flexibility index (Phi) is 4.85. The van der Waals surface area contributed by atoms with Crippen LogP contribution in [0.15, 0.2) is 53.0 Å². The van der Waals surface area contributed by atoms with Crippen molar-refractivity contribution in [3.63, 3.8) is 0 Å². The van der Waals surface area contributed by atoms with E-state index in [1.54, 1.807) is 24.3 Å². The van der Waals surface area contributed by atoms with Crippen LogP contribution in [-0.2, 0) is 22.6 Å². The second kappa shape index (κ2) is 7.05. The van der Waals surface area contributed by atoms with Gasteiger partial charge in [0.2, 0.25) is 0 Å². The van der Waals surface area contributed by atoms with Gasteiger partial charge in [-0.2, -0.15) is 0 Å². The predicted molar refractivity (Wildman–Crippen MR) is 89.1 cm³/mol. The summed E-state index contributed by atoms with van der Waals surface area (Å²) in [5.74, 6) is -1.07. The highest BCUT2D eigenvalue weighted by Gasteiger charge is 2.30. The van der Waals surface area contributed by atoms with Crippen molar-refractivity contribution in [2.75, 3.05) is 6.61 Å². The second-order valence-corrected chi connectivity index (χ2v) is 6.49. The van der Waals surface area contributed by atoms with Crippen LogP contribution in [-0.4, -0.2) is 29.4 Å². The van der Waals surface area contributed by atoms with Crippen LogP contribution in [0.3, 0.4) is 0 Å². The minimum Gasteiger partial charge on any atom is -0.548 e. The summed E-state index contributed by atoms with van der Waals surface area (Å²) in [5.41, 5.74) is 1.89. The average molecular weight is 389 g/mol. The number of aliphatic carboxylic acids is 1. The molecule has 0 bridgehead atoms. The third kappa shape index (κ3) is 3.59. The molecule has 124 valence electrons. The monoisotopic (exact) mass is 388 g/mol. The van der Waals surface area contributed by atoms with E-state index in [-0.39, 0.29) is 25.5 Å². The summed E-state index contributed by atoms with van der Waals surface area (Å²) in [6, 6.07) is 13.6. The minimum absolute atomic E-state index is 0.215. The molecular formula is C18H15BrNO4-. The van der Waals surface area contributed by atoms with Crippen LogP contribution in [0.5, 0.6) is 5.75 Å². The Morgan fingerprint density at radius 3 is 2.46 bits per heavy atom. The number of benzene rings is 2. The number of hydrogen-bond acceptors (Lipinski definition) is 4. The highest BCUT2D eigenvalue weighted by molar-refractivity contribution is 9.10. The van der Waals surface area contributed by atoms with Gasteiger partial charge < -0.3 is 19.5 Å². The van der Waals surface area contributed by atoms with Gasteiger partial charge in [0, 0.05) is 11.0 Å². The number of carboxylic acid groups (broad SMARTS) is 1. The Labute approximate surface area is 148 Å². The van der Waals surface area contributed by atoms with E-state index in [9.17, 15) is 14.7 Å². The molecule has 1 heterocycles. The molecule has 1 aliphatic rings. The Morgan fingerprint density at radius 1 is 1.12 bits per heavy atom. The van der Waals surface area contributed by atoms with Gasteiger partial charge in [-0.05, 0) is 41.8 Å². The molecule has 0 fully saturated rings. The van der Waals surface area contributed by atoms with E-state index in [0.717, 1.165) is 15.6 Å². The maximum Gasteiger partial charge on any atom is 0.261 e. The molecule has 0 saturated heterocycles. The van der Waals surface area contributed by atoms with Crippen LogP contribution in [0.25, 0.3) is 0 Å². The summed E-state index contributed by atoms with van der Waals surface area (Å²) in [6.45, 7) is 0.0327. The number of carbonyl (C=O) groups excluding carboxylic acids is 2. The normalized spacial score (nSPS) is 16.4. The molecule has 0 aliphatic carbocycles. The first kappa shape index (κ1) is 16.5. The summed E-state index contributed by atoms with van der Waals surface area (Å²) in [7, 11) is 0. The van der Waals surface area contributed by atoms with E-state index >= 15 is 0 Å². The zero-order chi connectivity index (χ0) is 17.1. The lowest BCUT2D eigenvalue weighted by molar-refractivity contribution is -0.311. The first-order chi connectivity index (χ1) is 11.5. The van der Waals surface area contributed by atoms with Crippen molar-refractivity contribution in [3.8, 4) is 5.75 Å². The molecular weight excluding hydrogens is 374 g/mol. The topological polar surface area (TPSA) is 69.7 Å². The number of ether oxygens (including phenoxy) is 1. The van der Waals surface area contributed by atoms with Gasteiger partial charge in [-0.25, -0.2) is 0 Å². The van der Waals surface area contributed by atoms with E-state index in [1.807, 2.05) is 24.3 Å². The first-order valence-electron chi connectivity index (χ1n) is 7.50. The van der Waals surface area contributed by atoms with E-state index in [0.29, 0.717) is 5.75 Å². The van der Waals surface area contributed by atoms with Crippen molar-refractivity contribution in [3.05, 3.63) is 64.1 Å². The first-order valence-corrected chi connectivity index (χ1v) is 8.29. The molecule has 1 aliphatic heterocycles. The van der Waals surface area contributed by atoms with Gasteiger partial charge in [-0.15, -0.1) is 0 Å². The fourth-order valence-corrected chi connectivity index (χ4v) is 3.02. The van der Waals surface area contributed by atoms with Crippen LogP contribution in [0.1, 0.15) is 11.1 Å². The summed E-state index contributed by atoms with van der Waals surface area (Å²) in [5, 5.41) is 11.4. The lowest BCUT2D eigenvalue weighted by Crippen LogP contribution is -2.54. The zero-order valence-corrected chi connectivity index (χ0v) is 14.4. The van der Waals surface area contributed by atoms with Crippen LogP contribution in [0, 0.1) is 0 Å². The summed E-state index contributed by atoms with van der Waals surface area (Å²) in [4.78, 5) is 25.2. The number of carboxylic acids is 1. The van der Waals surface area contributed by atoms with E-state index in [4.69, 9.17) is 4.74 Å². The molecule has 2 aromatic carbocycles. The fraction of sp³-hybridized carbons (Fsp3) is 0.222. The molecule has 0 N–H and O–H groups in total. The molecule has 3 rings (SSSR count). The van der Waals surface area contributed by atoms with Gasteiger partial charge in [0.1, 0.15) is 5.75 Å². The molecule has 5 nitrogen and oxygen atoms in total. The van der Waals surface area contributed by atoms with Crippen molar-refractivity contribution in [1.82, 2.24) is 4.90 Å². The molecule has 1 atom stereocenters. The van der Waals surface area contributed by atoms with Gasteiger partial charge in [-0.3, -0.25) is 4.79 Å². The fourth-order valence-electron chi connectivity index (χ4n) is 2.75. The molecule has 1 amide bonds. The van der Waals surface area contributed by atoms with Gasteiger partial charge in [0.05, 0.1) is 12.0 Å². The highest BCUT2D eigenvalue weighted by Crippen LogP contribution is 2.23. The van der Waals surface area contributed by atoms with Crippen LogP contribution >= 0.6 is 15.9 Å². The lowest BCUT2D eigenvalue weighted by atomic mass is 9.94. The maximum absolute atomic E-state index is 12.5.